The fraction of sp³-hybridized carbons (Fsp3) is 0.200. The van der Waals surface area contributed by atoms with Crippen LogP contribution < -0.4 is 0 Å². The molecule has 0 atom stereocenters. The van der Waals surface area contributed by atoms with Gasteiger partial charge in [0.15, 0.2) is 0 Å². The van der Waals surface area contributed by atoms with Gasteiger partial charge in [0.05, 0.1) is 4.90 Å². The minimum absolute atomic E-state index is 0.244. The molecule has 0 aliphatic carbocycles. The van der Waals surface area contributed by atoms with Crippen LogP contribution >= 0.6 is 0 Å². The molecule has 0 saturated heterocycles. The van der Waals surface area contributed by atoms with Gasteiger partial charge in [-0.05, 0) is 54.3 Å². The molecule has 0 spiro atoms. The highest BCUT2D eigenvalue weighted by atomic mass is 32.2. The summed E-state index contributed by atoms with van der Waals surface area (Å²) in [6.07, 6.45) is 1.46. The second kappa shape index (κ2) is 7.94. The molecule has 4 aromatic rings. The van der Waals surface area contributed by atoms with Gasteiger partial charge in [-0.3, -0.25) is 0 Å². The molecule has 158 valence electrons. The first-order chi connectivity index (χ1) is 15.0. The molecule has 0 radical (unpaired) electrons. The number of rotatable bonds is 4. The molecule has 0 saturated carbocycles. The number of hydrogen-bond donors (Lipinski definition) is 0. The lowest BCUT2D eigenvalue weighted by Gasteiger charge is -2.20. The predicted octanol–water partition coefficient (Wildman–Crippen LogP) is 4.97. The van der Waals surface area contributed by atoms with Gasteiger partial charge >= 0.3 is 0 Å². The summed E-state index contributed by atoms with van der Waals surface area (Å²) in [6.45, 7) is 1.35. The second-order valence-corrected chi connectivity index (χ2v) is 9.85. The molecule has 0 unspecified atom stereocenters. The summed E-state index contributed by atoms with van der Waals surface area (Å²) in [5.41, 5.74) is 4.09. The molecular weight excluding hydrogens is 411 g/mol. The highest BCUT2D eigenvalue weighted by Gasteiger charge is 2.30. The fourth-order valence-corrected chi connectivity index (χ4v) is 5.95. The van der Waals surface area contributed by atoms with Gasteiger partial charge in [0.25, 0.3) is 0 Å². The quantitative estimate of drug-likeness (QED) is 0.455. The lowest BCUT2D eigenvalue weighted by Crippen LogP contribution is -2.30. The number of fused-ring (bicyclic) bond motifs is 3. The first-order valence-corrected chi connectivity index (χ1v) is 11.9. The Labute approximate surface area is 181 Å². The fourth-order valence-electron chi connectivity index (χ4n) is 4.48. The van der Waals surface area contributed by atoms with Gasteiger partial charge in [-0.15, -0.1) is 0 Å². The molecule has 4 nitrogen and oxygen atoms in total. The monoisotopic (exact) mass is 434 g/mol. The van der Waals surface area contributed by atoms with E-state index in [1.165, 1.54) is 16.4 Å². The zero-order valence-electron chi connectivity index (χ0n) is 17.0. The van der Waals surface area contributed by atoms with Crippen molar-refractivity contribution in [3.63, 3.8) is 0 Å². The molecule has 1 aromatic heterocycles. The molecular formula is C25H23FN2O2S. The predicted molar refractivity (Wildman–Crippen MR) is 120 cm³/mol. The van der Waals surface area contributed by atoms with Crippen LogP contribution in [-0.4, -0.2) is 23.8 Å². The van der Waals surface area contributed by atoms with Crippen molar-refractivity contribution in [3.8, 4) is 0 Å². The van der Waals surface area contributed by atoms with E-state index in [2.05, 4.69) is 16.7 Å². The third-order valence-corrected chi connectivity index (χ3v) is 7.83. The number of halogens is 1. The number of sulfonamides is 1. The molecule has 0 fully saturated rings. The summed E-state index contributed by atoms with van der Waals surface area (Å²) >= 11 is 0. The molecule has 0 amide bonds. The second-order valence-electron chi connectivity index (χ2n) is 7.91. The lowest BCUT2D eigenvalue weighted by molar-refractivity contribution is 0.411. The first-order valence-electron chi connectivity index (χ1n) is 10.4. The molecule has 5 rings (SSSR count). The summed E-state index contributed by atoms with van der Waals surface area (Å²) < 4.78 is 44.5. The zero-order chi connectivity index (χ0) is 21.4. The Morgan fingerprint density at radius 2 is 1.61 bits per heavy atom. The SMILES string of the molecule is O=S(=O)(c1ccccc1)N1CCCc2c(c3cc(F)ccc3n2Cc2ccccc2)C1. The van der Waals surface area contributed by atoms with Crippen LogP contribution in [0.4, 0.5) is 4.39 Å². The van der Waals surface area contributed by atoms with E-state index in [0.717, 1.165) is 34.1 Å². The summed E-state index contributed by atoms with van der Waals surface area (Å²) in [7, 11) is -3.63. The highest BCUT2D eigenvalue weighted by molar-refractivity contribution is 7.89. The third-order valence-electron chi connectivity index (χ3n) is 5.97. The van der Waals surface area contributed by atoms with Gasteiger partial charge in [0, 0.05) is 36.2 Å². The van der Waals surface area contributed by atoms with Gasteiger partial charge in [0.1, 0.15) is 5.82 Å². The van der Waals surface area contributed by atoms with Crippen LogP contribution in [0.25, 0.3) is 10.9 Å². The van der Waals surface area contributed by atoms with E-state index in [1.807, 2.05) is 18.2 Å². The summed E-state index contributed by atoms with van der Waals surface area (Å²) in [6, 6.07) is 23.5. The van der Waals surface area contributed by atoms with Crippen LogP contribution in [0.3, 0.4) is 0 Å². The largest absolute Gasteiger partial charge is 0.340 e. The van der Waals surface area contributed by atoms with Crippen LogP contribution in [-0.2, 0) is 29.5 Å². The van der Waals surface area contributed by atoms with Gasteiger partial charge in [-0.2, -0.15) is 4.31 Å². The molecule has 1 aliphatic heterocycles. The van der Waals surface area contributed by atoms with E-state index >= 15 is 0 Å². The van der Waals surface area contributed by atoms with Gasteiger partial charge < -0.3 is 4.57 Å². The molecule has 1 aliphatic rings. The van der Waals surface area contributed by atoms with Crippen molar-refractivity contribution in [2.45, 2.75) is 30.8 Å². The minimum Gasteiger partial charge on any atom is -0.340 e. The van der Waals surface area contributed by atoms with E-state index in [4.69, 9.17) is 0 Å². The number of nitrogens with zero attached hydrogens (tertiary/aromatic N) is 2. The number of benzene rings is 3. The Hall–Kier alpha value is -2.96. The van der Waals surface area contributed by atoms with E-state index in [9.17, 15) is 12.8 Å². The molecule has 3 aromatic carbocycles. The van der Waals surface area contributed by atoms with E-state index in [0.29, 0.717) is 19.5 Å². The van der Waals surface area contributed by atoms with Crippen molar-refractivity contribution in [1.82, 2.24) is 8.87 Å². The van der Waals surface area contributed by atoms with Crippen LogP contribution in [0, 0.1) is 5.82 Å². The van der Waals surface area contributed by atoms with Crippen LogP contribution in [0.5, 0.6) is 0 Å². The van der Waals surface area contributed by atoms with Crippen molar-refractivity contribution < 1.29 is 12.8 Å². The van der Waals surface area contributed by atoms with Gasteiger partial charge in [0.2, 0.25) is 10.0 Å². The lowest BCUT2D eigenvalue weighted by atomic mass is 10.1. The van der Waals surface area contributed by atoms with Crippen molar-refractivity contribution in [2.24, 2.45) is 0 Å². The van der Waals surface area contributed by atoms with Crippen LogP contribution in [0.15, 0.2) is 83.8 Å². The maximum atomic E-state index is 14.2. The van der Waals surface area contributed by atoms with Crippen LogP contribution in [0.1, 0.15) is 23.2 Å². The Kier molecular flexibility index (Phi) is 5.12. The molecule has 2 heterocycles. The minimum atomic E-state index is -3.63. The highest BCUT2D eigenvalue weighted by Crippen LogP contribution is 2.33. The maximum absolute atomic E-state index is 14.2. The average Bonchev–Trinajstić information content (AvgIpc) is 2.93. The van der Waals surface area contributed by atoms with Crippen LogP contribution in [0.2, 0.25) is 0 Å². The average molecular weight is 435 g/mol. The molecule has 0 N–H and O–H groups in total. The Balaban J connectivity index is 1.62. The molecule has 0 bridgehead atoms. The standard InChI is InChI=1S/C25H23FN2O2S/c26-20-13-14-25-22(16-20)23-18-27(31(29,30)21-10-5-2-6-11-21)15-7-12-24(23)28(25)17-19-8-3-1-4-9-19/h1-6,8-11,13-14,16H,7,12,15,17-18H2. The van der Waals surface area contributed by atoms with Crippen molar-refractivity contribution in [2.75, 3.05) is 6.54 Å². The summed E-state index contributed by atoms with van der Waals surface area (Å²) in [5, 5.41) is 0.793. The molecule has 31 heavy (non-hydrogen) atoms. The third kappa shape index (κ3) is 3.66. The van der Waals surface area contributed by atoms with E-state index in [1.54, 1.807) is 36.4 Å². The van der Waals surface area contributed by atoms with E-state index < -0.39 is 10.0 Å². The number of hydrogen-bond acceptors (Lipinski definition) is 2. The van der Waals surface area contributed by atoms with E-state index in [-0.39, 0.29) is 17.3 Å². The summed E-state index contributed by atoms with van der Waals surface area (Å²) in [5.74, 6) is -0.311. The van der Waals surface area contributed by atoms with Crippen molar-refractivity contribution >= 4 is 20.9 Å². The van der Waals surface area contributed by atoms with Gasteiger partial charge in [-0.25, -0.2) is 12.8 Å². The Bertz CT molecular complexity index is 1330. The smallest absolute Gasteiger partial charge is 0.243 e. The van der Waals surface area contributed by atoms with Crippen molar-refractivity contribution in [3.05, 3.63) is 102 Å². The zero-order valence-corrected chi connectivity index (χ0v) is 17.9. The first kappa shape index (κ1) is 20.0. The van der Waals surface area contributed by atoms with Crippen molar-refractivity contribution in [1.29, 1.82) is 0 Å². The topological polar surface area (TPSA) is 42.3 Å². The number of aromatic nitrogens is 1. The van der Waals surface area contributed by atoms with Gasteiger partial charge in [-0.1, -0.05) is 48.5 Å². The molecule has 6 heteroatoms. The maximum Gasteiger partial charge on any atom is 0.243 e. The normalized spacial score (nSPS) is 15.0. The Morgan fingerprint density at radius 3 is 2.35 bits per heavy atom. The summed E-state index contributed by atoms with van der Waals surface area (Å²) in [4.78, 5) is 0.289. The Morgan fingerprint density at radius 1 is 0.903 bits per heavy atom.